The molecule has 8 aromatic heterocycles. The molecular weight excluding hydrogens is 2030 g/mol. The predicted molar refractivity (Wildman–Crippen MR) is 492 cm³/mol. The van der Waals surface area contributed by atoms with Crippen LogP contribution in [0.4, 0.5) is 23.3 Å². The van der Waals surface area contributed by atoms with Crippen LogP contribution in [0.5, 0.6) is 0 Å². The Morgan fingerprint density at radius 2 is 0.799 bits per heavy atom. The zero-order chi connectivity index (χ0) is 100. The maximum atomic E-state index is 15.4. The molecule has 0 aromatic carbocycles. The summed E-state index contributed by atoms with van der Waals surface area (Å²) in [6, 6.07) is 0. The van der Waals surface area contributed by atoms with E-state index >= 15 is 4.57 Å². The molecule has 8 aromatic rings. The van der Waals surface area contributed by atoms with Gasteiger partial charge in [0.25, 0.3) is 11.1 Å². The van der Waals surface area contributed by atoms with Crippen molar-refractivity contribution in [3.63, 3.8) is 0 Å². The molecule has 66 heteroatoms. The van der Waals surface area contributed by atoms with Crippen molar-refractivity contribution in [3.05, 3.63) is 135 Å². The van der Waals surface area contributed by atoms with E-state index in [-0.39, 0.29) is 134 Å². The number of nitrogen functional groups attached to an aromatic ring is 4. The van der Waals surface area contributed by atoms with E-state index in [2.05, 4.69) is 62.1 Å². The lowest BCUT2D eigenvalue weighted by Crippen LogP contribution is -2.41. The van der Waals surface area contributed by atoms with Gasteiger partial charge in [-0.05, 0) is 69.5 Å². The summed E-state index contributed by atoms with van der Waals surface area (Å²) in [7, 11) is -0.345. The van der Waals surface area contributed by atoms with Crippen molar-refractivity contribution in [3.8, 4) is 0 Å². The first kappa shape index (κ1) is 108. The second-order valence-electron chi connectivity index (χ2n) is 32.1. The molecule has 0 saturated carbocycles. The number of rotatable bonds is 48. The lowest BCUT2D eigenvalue weighted by molar-refractivity contribution is -0.0834. The number of H-pyrrole nitrogens is 2. The van der Waals surface area contributed by atoms with Crippen molar-refractivity contribution in [1.82, 2.24) is 77.2 Å². The molecule has 0 aliphatic carbocycles. The standard InChI is InChI=1S/C73H105N20O37P5S4/c1-10-38-39(19-46(120-38)89-23-36(4)64(95)86-72(89)99)126-132(103,136)116-25-41-40(20-47(121-41)88-21-34(2)58(74)84-70(88)97)127-133(104,137)118-28-44-51(55(112-16-12-108-7)67(123-44)91-24-37(5)65(96)87-73(91)100)128-131(101,102)115-27-43-52(57(114-18-14-110-9)69(125-43)93-33-83-49-61(77)79-31-81-63(49)93)129-135(106,139)119-29-45-53(56(113-17-13-109-8)68(124-45)90-22-35(3)59(75)85-71(90)98)130-134(105,138)117-26-42-50(94)54(111-15-11-107-6)66(122-42)92-32-82-48-60(76)78-30-80-62(48)92/h21-24,30-33,38-47,50-57,66-69,94H,10-20,25-29H2,1-9H3,(H,101,102)(H,103,136)(H,104,137)(H,105,138)(H,106,139)(H2,74,84,97)(H2,75,85,98)(H2,76,78,80)(H2,77,79,81)(H,86,95,99)(H,87,96,100)/t38-,39?,40?,41-,42-,43-,44-,45-,46-,47-,50?,51?,52?,53?,54+,55+,56+,57+,66-,67-,68-,69-,132?,133?,134?,135?/m1/s1. The van der Waals surface area contributed by atoms with Gasteiger partial charge in [-0.25, -0.2) is 58.2 Å². The molecule has 11 unspecified atom stereocenters. The molecule has 27 atom stereocenters. The Morgan fingerprint density at radius 1 is 0.424 bits per heavy atom. The van der Waals surface area contributed by atoms with Crippen molar-refractivity contribution in [2.24, 2.45) is 0 Å². The fraction of sp³-hybridized carbons (Fsp3) is 0.644. The van der Waals surface area contributed by atoms with Crippen LogP contribution < -0.4 is 56.8 Å². The number of aliphatic hydroxyl groups is 1. The number of ether oxygens (including phenoxy) is 14. The largest absolute Gasteiger partial charge is 0.472 e. The third-order valence-electron chi connectivity index (χ3n) is 22.8. The van der Waals surface area contributed by atoms with Gasteiger partial charge in [-0.1, -0.05) is 19.2 Å². The fourth-order valence-corrected chi connectivity index (χ4v) is 22.8. The molecule has 768 valence electrons. The number of aliphatic hydroxyl groups excluding tert-OH is 1. The summed E-state index contributed by atoms with van der Waals surface area (Å²) in [6.07, 6.45) is -23.1. The highest BCUT2D eigenvalue weighted by Gasteiger charge is 2.57. The quantitative estimate of drug-likeness (QED) is 0.0132. The van der Waals surface area contributed by atoms with Crippen LogP contribution in [0.3, 0.4) is 0 Å². The van der Waals surface area contributed by atoms with E-state index in [1.807, 2.05) is 0 Å². The number of nitrogens with two attached hydrogens (primary N) is 4. The molecular formula is C73H105N20O37P5S4. The SMILES string of the molecule is CC[C@H]1O[C@@H](n2cc(C)c(=O)[nH]c2=O)CC1OP(=O)(S)OC[C@H]1O[C@@H](n2cc(C)c(N)nc2=O)CC1OP(O)(=S)OC[C@H]1O[C@@H](n2cc(C)c(=O)[nH]c2=O)[C@@H](OCCOC)C1OP(=O)(O)OC[C@H]1O[C@@H](n2cnc3c(N)ncnc32)[C@@H](OCCOC)C1OP(O)(=S)OC[C@H]1O[C@@H](n2cc(C)c(N)nc2=O)[C@@H](OCCOC)C1OP(O)(=S)OC[C@H]1O[C@@H](n2cnc3c(N)ncnc32)[C@@H](OCCOC)C1O. The van der Waals surface area contributed by atoms with Gasteiger partial charge in [0.15, 0.2) is 47.8 Å². The van der Waals surface area contributed by atoms with Gasteiger partial charge in [0.1, 0.15) is 127 Å². The van der Waals surface area contributed by atoms with Crippen LogP contribution in [0.2, 0.25) is 0 Å². The van der Waals surface area contributed by atoms with Crippen molar-refractivity contribution in [2.75, 3.05) is 137 Å². The summed E-state index contributed by atoms with van der Waals surface area (Å²) in [5.41, 5.74) is 20.6. The number of phosphoric ester groups is 1. The summed E-state index contributed by atoms with van der Waals surface area (Å²) in [6.45, 7) is -17.2. The molecule has 6 saturated heterocycles. The Labute approximate surface area is 807 Å². The zero-order valence-electron chi connectivity index (χ0n) is 75.4. The number of aromatic amines is 2. The first-order valence-corrected chi connectivity index (χ1v) is 54.5. The molecule has 57 nitrogen and oxygen atoms in total. The number of hydrogen-bond donors (Lipinski definition) is 12. The molecule has 139 heavy (non-hydrogen) atoms. The summed E-state index contributed by atoms with van der Waals surface area (Å²) in [5, 5.41) is 11.9. The second-order valence-corrected chi connectivity index (χ2v) is 44.8. The van der Waals surface area contributed by atoms with E-state index in [1.165, 1.54) is 95.9 Å². The molecule has 0 bridgehead atoms. The summed E-state index contributed by atoms with van der Waals surface area (Å²) >= 11 is 21.5. The molecule has 0 spiro atoms. The Bertz CT molecular complexity index is 6310. The van der Waals surface area contributed by atoms with Gasteiger partial charge in [0.2, 0.25) is 0 Å². The third-order valence-corrected chi connectivity index (χ3v) is 30.1. The number of aromatic nitrogens is 16. The van der Waals surface area contributed by atoms with Gasteiger partial charge in [0, 0.05) is 88.3 Å². The summed E-state index contributed by atoms with van der Waals surface area (Å²) in [4.78, 5) is 167. The minimum absolute atomic E-state index is 0.0201. The van der Waals surface area contributed by atoms with Crippen molar-refractivity contribution >= 4 is 128 Å². The van der Waals surface area contributed by atoms with Gasteiger partial charge >= 0.3 is 57.5 Å². The smallest absolute Gasteiger partial charge is 0.387 e. The zero-order valence-corrected chi connectivity index (χ0v) is 83.2. The molecule has 0 amide bonds. The summed E-state index contributed by atoms with van der Waals surface area (Å²) < 4.78 is 182. The number of nitrogens with zero attached hydrogens (tertiary/aromatic N) is 14. The van der Waals surface area contributed by atoms with Crippen molar-refractivity contribution in [2.45, 2.75) is 189 Å². The number of thiol groups is 1. The number of fused-ring (bicyclic) bond motifs is 2. The van der Waals surface area contributed by atoms with Gasteiger partial charge < -0.3 is 132 Å². The fourth-order valence-electron chi connectivity index (χ4n) is 15.9. The van der Waals surface area contributed by atoms with Crippen LogP contribution in [-0.4, -0.2) is 314 Å². The van der Waals surface area contributed by atoms with Gasteiger partial charge in [-0.15, -0.1) is 0 Å². The van der Waals surface area contributed by atoms with Gasteiger partial charge in [-0.2, -0.15) is 9.97 Å². The van der Waals surface area contributed by atoms with E-state index < -0.39 is 237 Å². The highest BCUT2D eigenvalue weighted by atomic mass is 32.7. The minimum Gasteiger partial charge on any atom is -0.387 e. The monoisotopic (exact) mass is 2140 g/mol. The molecule has 14 heterocycles. The highest BCUT2D eigenvalue weighted by Crippen LogP contribution is 2.60. The number of anilines is 4. The average Bonchev–Trinajstić information content (AvgIpc) is 1.62. The minimum atomic E-state index is -5.83. The Morgan fingerprint density at radius 3 is 1.29 bits per heavy atom. The third kappa shape index (κ3) is 25.6. The number of imidazole rings is 2. The van der Waals surface area contributed by atoms with Crippen molar-refractivity contribution in [1.29, 1.82) is 0 Å². The van der Waals surface area contributed by atoms with Crippen LogP contribution in [0.15, 0.2) is 78.9 Å². The first-order chi connectivity index (χ1) is 66.0. The van der Waals surface area contributed by atoms with E-state index in [0.29, 0.717) is 5.56 Å². The molecule has 14 rings (SSSR count). The van der Waals surface area contributed by atoms with Crippen LogP contribution in [-0.2, 0) is 156 Å². The maximum Gasteiger partial charge on any atom is 0.472 e. The molecule has 6 fully saturated rings. The van der Waals surface area contributed by atoms with Crippen LogP contribution >= 0.6 is 47.0 Å². The van der Waals surface area contributed by atoms with Crippen molar-refractivity contribution < 1.29 is 145 Å². The number of methoxy groups -OCH3 is 4. The van der Waals surface area contributed by atoms with Crippen LogP contribution in [0.1, 0.15) is 85.8 Å². The van der Waals surface area contributed by atoms with Gasteiger partial charge in [0.05, 0.1) is 117 Å². The van der Waals surface area contributed by atoms with Gasteiger partial charge in [-0.3, -0.25) is 74.1 Å². The van der Waals surface area contributed by atoms with Crippen LogP contribution in [0.25, 0.3) is 22.3 Å². The molecule has 0 radical (unpaired) electrons. The topological polar surface area (TPSA) is 728 Å². The number of nitrogens with one attached hydrogen (secondary N) is 2. The Kier molecular flexibility index (Phi) is 35.8. The second kappa shape index (κ2) is 46.2. The molecule has 6 aliphatic heterocycles. The average molecular weight is 2140 g/mol. The predicted octanol–water partition coefficient (Wildman–Crippen LogP) is -0.298. The molecule has 15 N–H and O–H groups in total. The van der Waals surface area contributed by atoms with E-state index in [0.717, 1.165) is 30.8 Å². The normalized spacial score (nSPS) is 29.4. The van der Waals surface area contributed by atoms with E-state index in [4.69, 9.17) is 170 Å². The number of phosphoric acid groups is 1. The van der Waals surface area contributed by atoms with Crippen LogP contribution in [0, 0.1) is 27.7 Å². The lowest BCUT2D eigenvalue weighted by Gasteiger charge is -2.30. The maximum absolute atomic E-state index is 15.4. The first-order valence-electron chi connectivity index (χ1n) is 42.5. The number of hydrogen-bond acceptors (Lipinski definition) is 48. The highest BCUT2D eigenvalue weighted by molar-refractivity contribution is 8.44. The summed E-state index contributed by atoms with van der Waals surface area (Å²) in [5.74, 6) is -0.317. The van der Waals surface area contributed by atoms with E-state index in [1.54, 1.807) is 13.8 Å². The number of aryl methyl sites for hydroxylation is 4. The Balaban J connectivity index is 0.738. The lowest BCUT2D eigenvalue weighted by atomic mass is 10.1. The molecule has 6 aliphatic rings. The van der Waals surface area contributed by atoms with E-state index in [9.17, 15) is 58.0 Å². The Hall–Kier alpha value is -6.98.